The summed E-state index contributed by atoms with van der Waals surface area (Å²) >= 11 is 0. The van der Waals surface area contributed by atoms with Crippen molar-refractivity contribution in [1.82, 2.24) is 24.6 Å². The minimum Gasteiger partial charge on any atom is -0.337 e. The molecule has 0 unspecified atom stereocenters. The maximum Gasteiger partial charge on any atom is 0.274 e. The zero-order chi connectivity index (χ0) is 17.2. The van der Waals surface area contributed by atoms with Crippen molar-refractivity contribution in [3.63, 3.8) is 0 Å². The second-order valence-corrected chi connectivity index (χ2v) is 6.43. The van der Waals surface area contributed by atoms with Gasteiger partial charge in [-0.05, 0) is 37.0 Å². The van der Waals surface area contributed by atoms with Gasteiger partial charge in [0.2, 0.25) is 0 Å². The first kappa shape index (κ1) is 15.6. The number of benzene rings is 1. The van der Waals surface area contributed by atoms with Crippen LogP contribution in [0.3, 0.4) is 0 Å². The average Bonchev–Trinajstić information content (AvgIpc) is 3.06. The number of imidazole rings is 1. The molecule has 0 saturated carbocycles. The number of fused-ring (bicyclic) bond motifs is 1. The molecule has 1 N–H and O–H groups in total. The third-order valence-electron chi connectivity index (χ3n) is 4.78. The van der Waals surface area contributed by atoms with E-state index in [-0.39, 0.29) is 11.5 Å². The van der Waals surface area contributed by atoms with Gasteiger partial charge in [-0.1, -0.05) is 12.1 Å². The fourth-order valence-electron chi connectivity index (χ4n) is 3.38. The van der Waals surface area contributed by atoms with E-state index >= 15 is 0 Å². The van der Waals surface area contributed by atoms with Crippen molar-refractivity contribution >= 4 is 16.9 Å². The summed E-state index contributed by atoms with van der Waals surface area (Å²) in [5.41, 5.74) is 2.15. The van der Waals surface area contributed by atoms with E-state index in [1.165, 1.54) is 12.1 Å². The van der Waals surface area contributed by atoms with Gasteiger partial charge >= 0.3 is 0 Å². The first-order chi connectivity index (χ1) is 12.2. The van der Waals surface area contributed by atoms with E-state index in [1.807, 2.05) is 29.4 Å². The van der Waals surface area contributed by atoms with Crippen LogP contribution in [0.4, 0.5) is 0 Å². The van der Waals surface area contributed by atoms with Crippen LogP contribution < -0.4 is 5.56 Å². The molecular weight excluding hydrogens is 318 g/mol. The number of nitrogens with zero attached hydrogens (tertiary/aromatic N) is 4. The van der Waals surface area contributed by atoms with Crippen LogP contribution in [-0.4, -0.2) is 43.6 Å². The van der Waals surface area contributed by atoms with Crippen LogP contribution in [0.1, 0.15) is 23.3 Å². The molecule has 1 aliphatic rings. The molecule has 3 aromatic rings. The summed E-state index contributed by atoms with van der Waals surface area (Å²) < 4.78 is 2.20. The topological polar surface area (TPSA) is 83.9 Å². The molecule has 7 heteroatoms. The average molecular weight is 337 g/mol. The Labute approximate surface area is 144 Å². The van der Waals surface area contributed by atoms with Crippen LogP contribution in [0.15, 0.2) is 47.5 Å². The summed E-state index contributed by atoms with van der Waals surface area (Å²) in [4.78, 5) is 29.7. The minimum absolute atomic E-state index is 0.122. The van der Waals surface area contributed by atoms with Gasteiger partial charge in [-0.25, -0.2) is 10.1 Å². The Kier molecular flexibility index (Phi) is 4.05. The third-order valence-corrected chi connectivity index (χ3v) is 4.78. The zero-order valence-electron chi connectivity index (χ0n) is 13.8. The molecule has 0 radical (unpaired) electrons. The van der Waals surface area contributed by atoms with Crippen molar-refractivity contribution in [2.75, 3.05) is 13.1 Å². The van der Waals surface area contributed by atoms with E-state index in [9.17, 15) is 9.59 Å². The van der Waals surface area contributed by atoms with Crippen molar-refractivity contribution in [2.45, 2.75) is 19.4 Å². The standard InChI is InChI=1S/C18H19N5O2/c24-17-6-5-15(20-21-17)18(25)22-9-7-13(8-10-22)11-23-12-19-14-3-1-2-4-16(14)23/h1-6,12-13H,7-11H2,(H,21,24). The Bertz CT molecular complexity index is 933. The van der Waals surface area contributed by atoms with Crippen molar-refractivity contribution in [2.24, 2.45) is 5.92 Å². The summed E-state index contributed by atoms with van der Waals surface area (Å²) in [5.74, 6) is 0.396. The van der Waals surface area contributed by atoms with Crippen molar-refractivity contribution < 1.29 is 4.79 Å². The molecule has 128 valence electrons. The number of carbonyl (C=O) groups excluding carboxylic acids is 1. The van der Waals surface area contributed by atoms with Crippen LogP contribution in [0, 0.1) is 5.92 Å². The Hall–Kier alpha value is -2.96. The van der Waals surface area contributed by atoms with E-state index in [2.05, 4.69) is 25.8 Å². The molecule has 4 rings (SSSR count). The van der Waals surface area contributed by atoms with Gasteiger partial charge < -0.3 is 9.47 Å². The number of piperidine rings is 1. The molecule has 1 saturated heterocycles. The van der Waals surface area contributed by atoms with Gasteiger partial charge in [0.25, 0.3) is 11.5 Å². The summed E-state index contributed by atoms with van der Waals surface area (Å²) in [6.45, 7) is 2.33. The van der Waals surface area contributed by atoms with E-state index < -0.39 is 0 Å². The number of rotatable bonds is 3. The number of likely N-dealkylation sites (tertiary alicyclic amines) is 1. The molecule has 25 heavy (non-hydrogen) atoms. The quantitative estimate of drug-likeness (QED) is 0.788. The van der Waals surface area contributed by atoms with Crippen LogP contribution in [0.5, 0.6) is 0 Å². The van der Waals surface area contributed by atoms with Gasteiger partial charge in [-0.3, -0.25) is 9.59 Å². The largest absolute Gasteiger partial charge is 0.337 e. The number of para-hydroxylation sites is 2. The summed E-state index contributed by atoms with van der Waals surface area (Å²) in [5, 5.41) is 6.14. The lowest BCUT2D eigenvalue weighted by Crippen LogP contribution is -2.39. The Balaban J connectivity index is 1.39. The summed E-state index contributed by atoms with van der Waals surface area (Å²) in [7, 11) is 0. The van der Waals surface area contributed by atoms with Gasteiger partial charge in [0.05, 0.1) is 17.4 Å². The predicted molar refractivity (Wildman–Crippen MR) is 93.2 cm³/mol. The number of aromatic amines is 1. The number of hydrogen-bond donors (Lipinski definition) is 1. The zero-order valence-corrected chi connectivity index (χ0v) is 13.8. The molecule has 7 nitrogen and oxygen atoms in total. The molecule has 1 aromatic carbocycles. The lowest BCUT2D eigenvalue weighted by atomic mass is 9.96. The molecule has 0 aliphatic carbocycles. The number of H-pyrrole nitrogens is 1. The summed E-state index contributed by atoms with van der Waals surface area (Å²) in [6, 6.07) is 10.9. The Morgan fingerprint density at radius 2 is 1.96 bits per heavy atom. The van der Waals surface area contributed by atoms with Crippen molar-refractivity contribution in [3.05, 3.63) is 58.8 Å². The molecule has 2 aromatic heterocycles. The van der Waals surface area contributed by atoms with Crippen LogP contribution in [-0.2, 0) is 6.54 Å². The number of carbonyl (C=O) groups is 1. The van der Waals surface area contributed by atoms with Crippen molar-refractivity contribution in [1.29, 1.82) is 0 Å². The van der Waals surface area contributed by atoms with Gasteiger partial charge in [-0.15, -0.1) is 0 Å². The summed E-state index contributed by atoms with van der Waals surface area (Å²) in [6.07, 6.45) is 3.79. The molecule has 3 heterocycles. The first-order valence-corrected chi connectivity index (χ1v) is 8.45. The second-order valence-electron chi connectivity index (χ2n) is 6.43. The molecule has 1 fully saturated rings. The number of amides is 1. The van der Waals surface area contributed by atoms with Gasteiger partial charge in [0.15, 0.2) is 0 Å². The maximum absolute atomic E-state index is 12.4. The van der Waals surface area contributed by atoms with E-state index in [0.29, 0.717) is 24.7 Å². The van der Waals surface area contributed by atoms with E-state index in [0.717, 1.165) is 30.4 Å². The Morgan fingerprint density at radius 1 is 1.16 bits per heavy atom. The SMILES string of the molecule is O=C(c1ccc(=O)[nH]n1)N1CCC(Cn2cnc3ccccc32)CC1. The van der Waals surface area contributed by atoms with E-state index in [4.69, 9.17) is 0 Å². The molecule has 1 amide bonds. The fourth-order valence-corrected chi connectivity index (χ4v) is 3.38. The Morgan fingerprint density at radius 3 is 2.72 bits per heavy atom. The monoisotopic (exact) mass is 337 g/mol. The molecule has 0 bridgehead atoms. The highest BCUT2D eigenvalue weighted by molar-refractivity contribution is 5.92. The number of aromatic nitrogens is 4. The van der Waals surface area contributed by atoms with Crippen LogP contribution in [0.2, 0.25) is 0 Å². The molecule has 0 spiro atoms. The normalized spacial score (nSPS) is 15.6. The number of nitrogens with one attached hydrogen (secondary N) is 1. The van der Waals surface area contributed by atoms with Gasteiger partial charge in [0, 0.05) is 25.7 Å². The maximum atomic E-state index is 12.4. The third kappa shape index (κ3) is 3.17. The van der Waals surface area contributed by atoms with Crippen molar-refractivity contribution in [3.8, 4) is 0 Å². The molecule has 0 atom stereocenters. The smallest absolute Gasteiger partial charge is 0.274 e. The van der Waals surface area contributed by atoms with E-state index in [1.54, 1.807) is 0 Å². The number of hydrogen-bond acceptors (Lipinski definition) is 4. The first-order valence-electron chi connectivity index (χ1n) is 8.45. The highest BCUT2D eigenvalue weighted by atomic mass is 16.2. The lowest BCUT2D eigenvalue weighted by molar-refractivity contribution is 0.0676. The minimum atomic E-state index is -0.303. The fraction of sp³-hybridized carbons (Fsp3) is 0.333. The van der Waals surface area contributed by atoms with Crippen LogP contribution >= 0.6 is 0 Å². The lowest BCUT2D eigenvalue weighted by Gasteiger charge is -2.32. The van der Waals surface area contributed by atoms with Gasteiger partial charge in [-0.2, -0.15) is 5.10 Å². The predicted octanol–water partition coefficient (Wildman–Crippen LogP) is 1.67. The van der Waals surface area contributed by atoms with Crippen LogP contribution in [0.25, 0.3) is 11.0 Å². The molecular formula is C18H19N5O2. The van der Waals surface area contributed by atoms with Gasteiger partial charge in [0.1, 0.15) is 5.69 Å². The second kappa shape index (κ2) is 6.51. The highest BCUT2D eigenvalue weighted by Crippen LogP contribution is 2.22. The highest BCUT2D eigenvalue weighted by Gasteiger charge is 2.25. The molecule has 1 aliphatic heterocycles.